The molecule has 11 aliphatic heterocycles. The number of ether oxygens (including phenoxy) is 4. The predicted molar refractivity (Wildman–Crippen MR) is 338 cm³/mol. The van der Waals surface area contributed by atoms with Crippen LogP contribution in [0.5, 0.6) is 0 Å². The molecule has 76 heavy (non-hydrogen) atoms. The van der Waals surface area contributed by atoms with Gasteiger partial charge < -0.3 is 58.6 Å². The standard InChI is InChI=1S/C6H13N.C5H12N2.C5H11NO2S.C5H11NO.C5H11NS.C5H11N.C5H10O.C4H9N.C4H5N.C4H8O.C3H6O.4C2H6/c1-7-5-3-2-4-6-7;1-7-4-2-6-3-5-7;1-6-2-4-9(7,8)5-3-6;2*1-6-2-4-7-5-3-6;1-6-4-2-3-5-6;1-2-4-6-5-3-1;1-5-3-2-4-5;2*1-2-4-5-3-1;1-2-4-3-1;4*1-2/h2-6H2,1H3;6H,2-5H2,1H3;2-5H2,1H3;2*2-5H2,1H3;2-5H2,1H3;1-5H2;2-4H2,1H3;1,3-4H,2H2;1-4H2;1-3H2;4*1-2H3. The summed E-state index contributed by atoms with van der Waals surface area (Å²) in [6.07, 6.45) is 23.0. The summed E-state index contributed by atoms with van der Waals surface area (Å²) in [6.45, 7) is 42.6. The third-order valence-corrected chi connectivity index (χ3v) is 14.9. The van der Waals surface area contributed by atoms with E-state index in [1.807, 2.05) is 79.6 Å². The first-order chi connectivity index (χ1) is 37.0. The van der Waals surface area contributed by atoms with Crippen molar-refractivity contribution in [3.05, 3.63) is 12.3 Å². The van der Waals surface area contributed by atoms with Crippen molar-refractivity contribution in [2.45, 2.75) is 139 Å². The van der Waals surface area contributed by atoms with Crippen LogP contribution in [0.1, 0.15) is 139 Å². The predicted octanol–water partition coefficient (Wildman–Crippen LogP) is 9.09. The number of piperidine rings is 1. The van der Waals surface area contributed by atoms with Crippen molar-refractivity contribution >= 4 is 27.8 Å². The van der Waals surface area contributed by atoms with Crippen LogP contribution in [0.15, 0.2) is 17.3 Å². The highest BCUT2D eigenvalue weighted by atomic mass is 32.2. The van der Waals surface area contributed by atoms with Crippen molar-refractivity contribution in [1.29, 1.82) is 0 Å². The van der Waals surface area contributed by atoms with E-state index in [1.165, 1.54) is 154 Å². The molecule has 0 aromatic heterocycles. The summed E-state index contributed by atoms with van der Waals surface area (Å²) in [4.78, 5) is 19.8. The SMILES string of the molecule is C1=CN=CC1.C1CCOC1.C1CCOCC1.C1COC1.CC.CC.CC.CC.CN1CCC1.CN1CCCC1.CN1CCCCC1.CN1CCNCC1.CN1CCOCC1.CN1CCS(=O)(=O)CC1.CN1CCSCC1. The highest BCUT2D eigenvalue weighted by Crippen LogP contribution is 2.07. The fraction of sp³-hybridized carbons (Fsp3) is 0.949. The number of piperazine rings is 1. The smallest absolute Gasteiger partial charge is 0.152 e. The Morgan fingerprint density at radius 1 is 0.382 bits per heavy atom. The maximum absolute atomic E-state index is 10.8. The molecule has 0 saturated carbocycles. The zero-order valence-electron chi connectivity index (χ0n) is 53.1. The second kappa shape index (κ2) is 66.7. The van der Waals surface area contributed by atoms with Gasteiger partial charge in [-0.05, 0) is 159 Å². The lowest BCUT2D eigenvalue weighted by Crippen LogP contribution is -2.40. The highest BCUT2D eigenvalue weighted by Gasteiger charge is 2.18. The van der Waals surface area contributed by atoms with E-state index in [4.69, 9.17) is 18.9 Å². The minimum Gasteiger partial charge on any atom is -0.381 e. The molecule has 17 heteroatoms. The normalized spacial score (nSPS) is 22.6. The Labute approximate surface area is 478 Å². The summed E-state index contributed by atoms with van der Waals surface area (Å²) >= 11 is 2.06. The number of thioether (sulfide) groups is 1. The van der Waals surface area contributed by atoms with Crippen molar-refractivity contribution in [3.63, 3.8) is 0 Å². The van der Waals surface area contributed by atoms with Gasteiger partial charge >= 0.3 is 0 Å². The highest BCUT2D eigenvalue weighted by molar-refractivity contribution is 7.99. The van der Waals surface area contributed by atoms with Gasteiger partial charge in [0.05, 0.1) is 24.7 Å². The molecular weight excluding hydrogens is 995 g/mol. The Kier molecular flexibility index (Phi) is 71.7. The largest absolute Gasteiger partial charge is 0.381 e. The molecule has 11 heterocycles. The number of nitrogens with zero attached hydrogens (tertiary/aromatic N) is 8. The van der Waals surface area contributed by atoms with Gasteiger partial charge in [-0.2, -0.15) is 11.8 Å². The molecule has 0 aromatic carbocycles. The minimum absolute atomic E-state index is 0.337. The molecule has 11 rings (SSSR count). The van der Waals surface area contributed by atoms with Gasteiger partial charge in [0.1, 0.15) is 0 Å². The first-order valence-corrected chi connectivity index (χ1v) is 33.7. The summed E-state index contributed by atoms with van der Waals surface area (Å²) in [7, 11) is 12.2. The molecule has 460 valence electrons. The Balaban J connectivity index is -0.000000372. The lowest BCUT2D eigenvalue weighted by molar-refractivity contribution is 0.0367. The monoisotopic (exact) mass is 1130 g/mol. The summed E-state index contributed by atoms with van der Waals surface area (Å²) in [5.74, 6) is 3.33. The van der Waals surface area contributed by atoms with Gasteiger partial charge in [0.25, 0.3) is 0 Å². The first kappa shape index (κ1) is 81.7. The summed E-state index contributed by atoms with van der Waals surface area (Å²) < 4.78 is 41.4. The zero-order chi connectivity index (χ0) is 57.6. The number of likely N-dealkylation sites (tertiary alicyclic amines) is 3. The first-order valence-electron chi connectivity index (χ1n) is 30.7. The van der Waals surface area contributed by atoms with Gasteiger partial charge in [-0.1, -0.05) is 67.9 Å². The van der Waals surface area contributed by atoms with Crippen LogP contribution >= 0.6 is 11.8 Å². The van der Waals surface area contributed by atoms with Gasteiger partial charge in [0.2, 0.25) is 0 Å². The fourth-order valence-corrected chi connectivity index (χ4v) is 9.41. The van der Waals surface area contributed by atoms with Crippen LogP contribution in [-0.2, 0) is 28.8 Å². The van der Waals surface area contributed by atoms with Crippen LogP contribution in [-0.4, -0.2) is 279 Å². The average molecular weight is 1130 g/mol. The molecule has 0 aromatic rings. The van der Waals surface area contributed by atoms with Crippen LogP contribution in [0.25, 0.3) is 0 Å². The minimum atomic E-state index is -2.66. The van der Waals surface area contributed by atoms with Gasteiger partial charge in [-0.25, -0.2) is 8.42 Å². The third-order valence-electron chi connectivity index (χ3n) is 12.4. The van der Waals surface area contributed by atoms with E-state index in [0.29, 0.717) is 24.6 Å². The van der Waals surface area contributed by atoms with Gasteiger partial charge in [-0.3, -0.25) is 4.99 Å². The summed E-state index contributed by atoms with van der Waals surface area (Å²) in [5.41, 5.74) is 0. The third kappa shape index (κ3) is 65.7. The second-order valence-electron chi connectivity index (χ2n) is 19.3. The van der Waals surface area contributed by atoms with Crippen molar-refractivity contribution in [3.8, 4) is 0 Å². The van der Waals surface area contributed by atoms with Gasteiger partial charge in [0, 0.05) is 135 Å². The van der Waals surface area contributed by atoms with Crippen LogP contribution in [0, 0.1) is 0 Å². The molecule has 0 bridgehead atoms. The quantitative estimate of drug-likeness (QED) is 0.248. The summed E-state index contributed by atoms with van der Waals surface area (Å²) in [6, 6.07) is 0. The van der Waals surface area contributed by atoms with Gasteiger partial charge in [-0.15, -0.1) is 0 Å². The average Bonchev–Trinajstić information content (AvgIpc) is 4.31. The molecule has 1 N–H and O–H groups in total. The molecule has 0 unspecified atom stereocenters. The number of morpholine rings is 1. The van der Waals surface area contributed by atoms with E-state index in [0.717, 1.165) is 85.5 Å². The van der Waals surface area contributed by atoms with Crippen molar-refractivity contribution < 1.29 is 27.4 Å². The number of nitrogens with one attached hydrogen (secondary N) is 1. The Morgan fingerprint density at radius 3 is 0.895 bits per heavy atom. The number of hydrogen-bond acceptors (Lipinski definition) is 16. The number of aliphatic imine (C=N–C) groups is 1. The zero-order valence-corrected chi connectivity index (χ0v) is 54.7. The summed E-state index contributed by atoms with van der Waals surface area (Å²) in [5, 5.41) is 3.27. The van der Waals surface area contributed by atoms with E-state index in [1.54, 1.807) is 6.20 Å². The number of likely N-dealkylation sites (N-methyl/N-ethyl adjacent to an activating group) is 2. The Bertz CT molecular complexity index is 1110. The van der Waals surface area contributed by atoms with E-state index in [-0.39, 0.29) is 0 Å². The van der Waals surface area contributed by atoms with Crippen molar-refractivity contribution in [2.24, 2.45) is 4.99 Å². The van der Waals surface area contributed by atoms with Crippen molar-refractivity contribution in [1.82, 2.24) is 39.6 Å². The molecule has 10 fully saturated rings. The van der Waals surface area contributed by atoms with Crippen LogP contribution in [0.2, 0.25) is 0 Å². The van der Waals surface area contributed by atoms with E-state index >= 15 is 0 Å². The second-order valence-corrected chi connectivity index (χ2v) is 22.8. The fourth-order valence-electron chi connectivity index (χ4n) is 6.94. The molecule has 15 nitrogen and oxygen atoms in total. The van der Waals surface area contributed by atoms with Crippen LogP contribution in [0.3, 0.4) is 0 Å². The Morgan fingerprint density at radius 2 is 0.711 bits per heavy atom. The maximum atomic E-state index is 10.8. The number of hydrogen-bond donors (Lipinski definition) is 1. The van der Waals surface area contributed by atoms with E-state index in [9.17, 15) is 8.42 Å². The molecule has 0 spiro atoms. The topological polar surface area (TPSA) is 118 Å². The van der Waals surface area contributed by atoms with Crippen LogP contribution in [0.4, 0.5) is 0 Å². The number of allylic oxidation sites excluding steroid dienone is 1. The van der Waals surface area contributed by atoms with E-state index < -0.39 is 9.84 Å². The Hall–Kier alpha value is -0.770. The molecule has 0 aliphatic carbocycles. The number of rotatable bonds is 0. The van der Waals surface area contributed by atoms with Crippen LogP contribution < -0.4 is 5.32 Å². The molecule has 0 radical (unpaired) electrons. The molecule has 0 atom stereocenters. The molecule has 11 aliphatic rings. The maximum Gasteiger partial charge on any atom is 0.152 e. The lowest BCUT2D eigenvalue weighted by Gasteiger charge is -2.24. The lowest BCUT2D eigenvalue weighted by atomic mass is 10.1. The van der Waals surface area contributed by atoms with Crippen molar-refractivity contribution in [2.75, 3.05) is 230 Å². The molecule has 10 saturated heterocycles. The number of sulfone groups is 1. The molecule has 0 amide bonds. The van der Waals surface area contributed by atoms with Gasteiger partial charge in [0.15, 0.2) is 9.84 Å². The van der Waals surface area contributed by atoms with E-state index in [2.05, 4.69) is 93.8 Å². The molecular formula is C59H131N9O6S2.